The van der Waals surface area contributed by atoms with Crippen LogP contribution in [-0.2, 0) is 6.42 Å². The molecule has 0 radical (unpaired) electrons. The van der Waals surface area contributed by atoms with Crippen LogP contribution in [0.3, 0.4) is 0 Å². The maximum Gasteiger partial charge on any atom is 0.222 e. The molecule has 0 spiro atoms. The Hall–Kier alpha value is -1.32. The third-order valence-corrected chi connectivity index (χ3v) is 2.39. The van der Waals surface area contributed by atoms with Crippen molar-refractivity contribution in [3.63, 3.8) is 0 Å². The second kappa shape index (κ2) is 4.96. The van der Waals surface area contributed by atoms with Crippen LogP contribution in [0, 0.1) is 6.92 Å². The molecule has 0 saturated carbocycles. The van der Waals surface area contributed by atoms with Gasteiger partial charge < -0.3 is 10.5 Å². The lowest BCUT2D eigenvalue weighted by molar-refractivity contribution is 0.206. The highest BCUT2D eigenvalue weighted by atomic mass is 16.5. The Balaban J connectivity index is 2.99. The van der Waals surface area contributed by atoms with Crippen molar-refractivity contribution in [3.8, 4) is 5.88 Å². The van der Waals surface area contributed by atoms with E-state index in [-0.39, 0.29) is 6.10 Å². The molecule has 0 aliphatic carbocycles. The van der Waals surface area contributed by atoms with Crippen molar-refractivity contribution in [1.82, 2.24) is 9.97 Å². The van der Waals surface area contributed by atoms with Crippen LogP contribution in [0.1, 0.15) is 38.6 Å². The summed E-state index contributed by atoms with van der Waals surface area (Å²) in [6, 6.07) is 0. The van der Waals surface area contributed by atoms with Crippen molar-refractivity contribution >= 4 is 5.82 Å². The molecule has 1 aromatic rings. The van der Waals surface area contributed by atoms with Gasteiger partial charge in [0, 0.05) is 6.42 Å². The van der Waals surface area contributed by atoms with Gasteiger partial charge in [0.25, 0.3) is 0 Å². The van der Waals surface area contributed by atoms with Gasteiger partial charge >= 0.3 is 0 Å². The quantitative estimate of drug-likeness (QED) is 0.825. The lowest BCUT2D eigenvalue weighted by atomic mass is 10.3. The highest BCUT2D eigenvalue weighted by Crippen LogP contribution is 2.21. The fourth-order valence-electron chi connectivity index (χ4n) is 1.11. The molecule has 1 atom stereocenters. The number of aryl methyl sites for hydroxylation is 1. The first-order chi connectivity index (χ1) is 7.08. The van der Waals surface area contributed by atoms with E-state index in [2.05, 4.69) is 16.9 Å². The van der Waals surface area contributed by atoms with Crippen molar-refractivity contribution in [2.75, 3.05) is 5.73 Å². The van der Waals surface area contributed by atoms with Crippen molar-refractivity contribution < 1.29 is 4.74 Å². The summed E-state index contributed by atoms with van der Waals surface area (Å²) in [4.78, 5) is 8.50. The number of nitrogens with zero attached hydrogens (tertiary/aromatic N) is 2. The Kier molecular flexibility index (Phi) is 3.88. The Bertz CT molecular complexity index is 339. The zero-order chi connectivity index (χ0) is 11.4. The van der Waals surface area contributed by atoms with Crippen LogP contribution in [0.4, 0.5) is 5.82 Å². The smallest absolute Gasteiger partial charge is 0.222 e. The molecule has 1 heterocycles. The summed E-state index contributed by atoms with van der Waals surface area (Å²) >= 11 is 0. The summed E-state index contributed by atoms with van der Waals surface area (Å²) in [5.74, 6) is 1.87. The molecule has 0 aromatic carbocycles. The van der Waals surface area contributed by atoms with Crippen LogP contribution in [0.2, 0.25) is 0 Å². The minimum absolute atomic E-state index is 0.155. The number of rotatable bonds is 4. The Morgan fingerprint density at radius 1 is 1.33 bits per heavy atom. The third kappa shape index (κ3) is 2.81. The summed E-state index contributed by atoms with van der Waals surface area (Å²) in [5.41, 5.74) is 6.61. The highest BCUT2D eigenvalue weighted by molar-refractivity contribution is 5.44. The van der Waals surface area contributed by atoms with E-state index < -0.39 is 0 Å². The molecule has 0 saturated heterocycles. The molecule has 0 fully saturated rings. The maximum absolute atomic E-state index is 5.78. The predicted molar refractivity (Wildman–Crippen MR) is 60.9 cm³/mol. The molecular formula is C11H19N3O. The lowest BCUT2D eigenvalue weighted by Crippen LogP contribution is -2.14. The molecule has 4 nitrogen and oxygen atoms in total. The van der Waals surface area contributed by atoms with Crippen LogP contribution in [-0.4, -0.2) is 16.1 Å². The first kappa shape index (κ1) is 11.8. The fourth-order valence-corrected chi connectivity index (χ4v) is 1.11. The van der Waals surface area contributed by atoms with Gasteiger partial charge in [0.05, 0.1) is 11.7 Å². The summed E-state index contributed by atoms with van der Waals surface area (Å²) in [6.45, 7) is 7.97. The second-order valence-corrected chi connectivity index (χ2v) is 3.65. The highest BCUT2D eigenvalue weighted by Gasteiger charge is 2.11. The molecular weight excluding hydrogens is 190 g/mol. The molecule has 0 amide bonds. The number of ether oxygens (including phenoxy) is 1. The normalized spacial score (nSPS) is 12.5. The Morgan fingerprint density at radius 2 is 2.00 bits per heavy atom. The van der Waals surface area contributed by atoms with Gasteiger partial charge in [-0.05, 0) is 20.3 Å². The van der Waals surface area contributed by atoms with Gasteiger partial charge in [-0.15, -0.1) is 0 Å². The molecule has 2 N–H and O–H groups in total. The average molecular weight is 209 g/mol. The monoisotopic (exact) mass is 209 g/mol. The zero-order valence-electron chi connectivity index (χ0n) is 9.87. The second-order valence-electron chi connectivity index (χ2n) is 3.65. The van der Waals surface area contributed by atoms with Gasteiger partial charge in [-0.1, -0.05) is 13.8 Å². The van der Waals surface area contributed by atoms with E-state index in [1.165, 1.54) is 0 Å². The number of hydrogen-bond donors (Lipinski definition) is 1. The summed E-state index contributed by atoms with van der Waals surface area (Å²) < 4.78 is 5.69. The van der Waals surface area contributed by atoms with E-state index in [0.717, 1.165) is 24.2 Å². The van der Waals surface area contributed by atoms with E-state index in [1.807, 2.05) is 20.8 Å². The van der Waals surface area contributed by atoms with Gasteiger partial charge in [0.2, 0.25) is 5.88 Å². The standard InChI is InChI=1S/C11H19N3O/c1-5-7(3)15-11-8(4)10(12)13-9(6-2)14-11/h7H,5-6H2,1-4H3,(H2,12,13,14). The zero-order valence-corrected chi connectivity index (χ0v) is 9.87. The first-order valence-corrected chi connectivity index (χ1v) is 5.38. The van der Waals surface area contributed by atoms with Gasteiger partial charge in [0.1, 0.15) is 11.6 Å². The topological polar surface area (TPSA) is 61.0 Å². The van der Waals surface area contributed by atoms with Gasteiger partial charge in [-0.3, -0.25) is 0 Å². The van der Waals surface area contributed by atoms with E-state index >= 15 is 0 Å². The van der Waals surface area contributed by atoms with E-state index in [1.54, 1.807) is 0 Å². The van der Waals surface area contributed by atoms with Crippen molar-refractivity contribution in [1.29, 1.82) is 0 Å². The average Bonchev–Trinajstić information content (AvgIpc) is 2.24. The largest absolute Gasteiger partial charge is 0.474 e. The van der Waals surface area contributed by atoms with Crippen LogP contribution < -0.4 is 10.5 Å². The Morgan fingerprint density at radius 3 is 2.53 bits per heavy atom. The Labute approximate surface area is 90.9 Å². The molecule has 84 valence electrons. The summed E-state index contributed by atoms with van der Waals surface area (Å²) in [7, 11) is 0. The van der Waals surface area contributed by atoms with Crippen molar-refractivity contribution in [2.45, 2.75) is 46.6 Å². The SMILES string of the molecule is CCc1nc(N)c(C)c(OC(C)CC)n1. The number of nitrogens with two attached hydrogens (primary N) is 1. The molecule has 0 aliphatic rings. The summed E-state index contributed by atoms with van der Waals surface area (Å²) in [5, 5.41) is 0. The summed E-state index contributed by atoms with van der Waals surface area (Å²) in [6.07, 6.45) is 1.87. The minimum Gasteiger partial charge on any atom is -0.474 e. The molecule has 15 heavy (non-hydrogen) atoms. The van der Waals surface area contributed by atoms with Gasteiger partial charge in [0.15, 0.2) is 0 Å². The lowest BCUT2D eigenvalue weighted by Gasteiger charge is -2.15. The van der Waals surface area contributed by atoms with Crippen LogP contribution >= 0.6 is 0 Å². The minimum atomic E-state index is 0.155. The number of aromatic nitrogens is 2. The van der Waals surface area contributed by atoms with Crippen LogP contribution in [0.25, 0.3) is 0 Å². The van der Waals surface area contributed by atoms with Gasteiger partial charge in [-0.25, -0.2) is 4.98 Å². The molecule has 1 aromatic heterocycles. The molecule has 0 bridgehead atoms. The molecule has 0 aliphatic heterocycles. The van der Waals surface area contributed by atoms with Crippen LogP contribution in [0.15, 0.2) is 0 Å². The number of anilines is 1. The molecule has 1 unspecified atom stereocenters. The molecule has 4 heteroatoms. The fraction of sp³-hybridized carbons (Fsp3) is 0.636. The molecule has 1 rings (SSSR count). The van der Waals surface area contributed by atoms with Gasteiger partial charge in [-0.2, -0.15) is 4.98 Å². The number of nitrogen functional groups attached to an aromatic ring is 1. The third-order valence-electron chi connectivity index (χ3n) is 2.39. The van der Waals surface area contributed by atoms with Crippen LogP contribution in [0.5, 0.6) is 5.88 Å². The van der Waals surface area contributed by atoms with E-state index in [0.29, 0.717) is 11.7 Å². The van der Waals surface area contributed by atoms with E-state index in [9.17, 15) is 0 Å². The maximum atomic E-state index is 5.78. The van der Waals surface area contributed by atoms with Crippen molar-refractivity contribution in [2.24, 2.45) is 0 Å². The predicted octanol–water partition coefficient (Wildman–Crippen LogP) is 2.11. The van der Waals surface area contributed by atoms with E-state index in [4.69, 9.17) is 10.5 Å². The first-order valence-electron chi connectivity index (χ1n) is 5.38. The van der Waals surface area contributed by atoms with Crippen molar-refractivity contribution in [3.05, 3.63) is 11.4 Å². The number of hydrogen-bond acceptors (Lipinski definition) is 4.